The molecule has 98 valence electrons. The quantitative estimate of drug-likeness (QED) is 0.652. The topological polar surface area (TPSA) is 26.3 Å². The molecule has 0 aromatic heterocycles. The highest BCUT2D eigenvalue weighted by molar-refractivity contribution is 9.10. The summed E-state index contributed by atoms with van der Waals surface area (Å²) in [5.41, 5.74) is 0.485. The fraction of sp³-hybridized carbons (Fsp3) is 0.0714. The van der Waals surface area contributed by atoms with E-state index in [-0.39, 0.29) is 5.78 Å². The van der Waals surface area contributed by atoms with Gasteiger partial charge in [0, 0.05) is 4.47 Å². The van der Waals surface area contributed by atoms with Gasteiger partial charge in [0.25, 0.3) is 0 Å². The van der Waals surface area contributed by atoms with Crippen molar-refractivity contribution in [3.63, 3.8) is 0 Å². The summed E-state index contributed by atoms with van der Waals surface area (Å²) in [6, 6.07) is 10.3. The second-order valence-corrected chi connectivity index (χ2v) is 5.55. The van der Waals surface area contributed by atoms with Crippen molar-refractivity contribution in [2.75, 3.05) is 0 Å². The van der Waals surface area contributed by atoms with Crippen molar-refractivity contribution < 1.29 is 9.53 Å². The van der Waals surface area contributed by atoms with E-state index in [1.807, 2.05) is 0 Å². The number of hydrogen-bond acceptors (Lipinski definition) is 2. The van der Waals surface area contributed by atoms with E-state index in [0.717, 1.165) is 4.47 Å². The summed E-state index contributed by atoms with van der Waals surface area (Å²) in [5, 5.41) is 0.720. The first kappa shape index (κ1) is 14.4. The Morgan fingerprint density at radius 2 is 1.89 bits per heavy atom. The van der Waals surface area contributed by atoms with Crippen LogP contribution in [0.5, 0.6) is 11.5 Å². The lowest BCUT2D eigenvalue weighted by Gasteiger charge is -2.11. The SMILES string of the molecule is CC(=O)c1ccc(Br)cc1Oc1cccc(Cl)c1Cl. The number of Topliss-reactive ketones (excluding diaryl/α,β-unsaturated/α-hetero) is 1. The molecule has 0 unspecified atom stereocenters. The van der Waals surface area contributed by atoms with E-state index in [1.54, 1.807) is 36.4 Å². The van der Waals surface area contributed by atoms with E-state index in [9.17, 15) is 4.79 Å². The number of hydrogen-bond donors (Lipinski definition) is 0. The minimum Gasteiger partial charge on any atom is -0.455 e. The van der Waals surface area contributed by atoms with Gasteiger partial charge in [-0.2, -0.15) is 0 Å². The molecule has 0 radical (unpaired) electrons. The molecule has 2 rings (SSSR count). The zero-order valence-corrected chi connectivity index (χ0v) is 13.0. The van der Waals surface area contributed by atoms with E-state index in [0.29, 0.717) is 27.1 Å². The molecule has 0 fully saturated rings. The van der Waals surface area contributed by atoms with Crippen molar-refractivity contribution in [3.8, 4) is 11.5 Å². The fourth-order valence-electron chi connectivity index (χ4n) is 1.55. The van der Waals surface area contributed by atoms with Gasteiger partial charge in [-0.25, -0.2) is 0 Å². The van der Waals surface area contributed by atoms with E-state index < -0.39 is 0 Å². The number of carbonyl (C=O) groups excluding carboxylic acids is 1. The molecule has 2 aromatic carbocycles. The summed E-state index contributed by atoms with van der Waals surface area (Å²) >= 11 is 15.3. The molecule has 0 spiro atoms. The minimum absolute atomic E-state index is 0.0827. The number of halogens is 3. The van der Waals surface area contributed by atoms with Crippen LogP contribution in [-0.2, 0) is 0 Å². The first-order chi connectivity index (χ1) is 8.99. The zero-order chi connectivity index (χ0) is 14.0. The lowest BCUT2D eigenvalue weighted by atomic mass is 10.1. The summed E-state index contributed by atoms with van der Waals surface area (Å²) < 4.78 is 6.51. The lowest BCUT2D eigenvalue weighted by molar-refractivity contribution is 0.101. The molecule has 0 heterocycles. The van der Waals surface area contributed by atoms with Crippen LogP contribution in [0, 0.1) is 0 Å². The average molecular weight is 360 g/mol. The monoisotopic (exact) mass is 358 g/mol. The van der Waals surface area contributed by atoms with E-state index in [1.165, 1.54) is 6.92 Å². The molecule has 0 amide bonds. The minimum atomic E-state index is -0.0827. The summed E-state index contributed by atoms with van der Waals surface area (Å²) in [7, 11) is 0. The Hall–Kier alpha value is -1.03. The maximum Gasteiger partial charge on any atom is 0.163 e. The molecule has 0 aliphatic heterocycles. The van der Waals surface area contributed by atoms with Gasteiger partial charge in [0.1, 0.15) is 16.5 Å². The third-order valence-electron chi connectivity index (χ3n) is 2.46. The first-order valence-corrected chi connectivity index (χ1v) is 6.96. The number of ketones is 1. The lowest BCUT2D eigenvalue weighted by Crippen LogP contribution is -1.97. The van der Waals surface area contributed by atoms with E-state index in [4.69, 9.17) is 27.9 Å². The molecule has 0 atom stereocenters. The van der Waals surface area contributed by atoms with Gasteiger partial charge in [-0.05, 0) is 37.3 Å². The average Bonchev–Trinajstić information content (AvgIpc) is 2.35. The molecule has 19 heavy (non-hydrogen) atoms. The third kappa shape index (κ3) is 3.30. The molecule has 0 N–H and O–H groups in total. The van der Waals surface area contributed by atoms with Gasteiger partial charge in [-0.15, -0.1) is 0 Å². The van der Waals surface area contributed by atoms with Gasteiger partial charge in [0.2, 0.25) is 0 Å². The summed E-state index contributed by atoms with van der Waals surface area (Å²) in [6.07, 6.45) is 0. The van der Waals surface area contributed by atoms with Crippen molar-refractivity contribution >= 4 is 44.9 Å². The highest BCUT2D eigenvalue weighted by Gasteiger charge is 2.12. The van der Waals surface area contributed by atoms with Crippen LogP contribution in [0.2, 0.25) is 10.0 Å². The Morgan fingerprint density at radius 3 is 2.58 bits per heavy atom. The Labute approximate surface area is 129 Å². The van der Waals surface area contributed by atoms with Crippen molar-refractivity contribution in [2.45, 2.75) is 6.92 Å². The molecular formula is C14H9BrCl2O2. The van der Waals surface area contributed by atoms with Crippen LogP contribution in [0.15, 0.2) is 40.9 Å². The van der Waals surface area contributed by atoms with Gasteiger partial charge in [-0.3, -0.25) is 4.79 Å². The third-order valence-corrected chi connectivity index (χ3v) is 3.75. The Bertz CT molecular complexity index is 641. The standard InChI is InChI=1S/C14H9BrCl2O2/c1-8(18)10-6-5-9(15)7-13(10)19-12-4-2-3-11(16)14(12)17/h2-7H,1H3. The molecule has 2 aromatic rings. The molecule has 0 saturated carbocycles. The highest BCUT2D eigenvalue weighted by Crippen LogP contribution is 2.36. The Morgan fingerprint density at radius 1 is 1.16 bits per heavy atom. The van der Waals surface area contributed by atoms with Gasteiger partial charge in [-0.1, -0.05) is 45.2 Å². The van der Waals surface area contributed by atoms with Crippen LogP contribution in [-0.4, -0.2) is 5.78 Å². The molecular weight excluding hydrogens is 351 g/mol. The first-order valence-electron chi connectivity index (χ1n) is 5.41. The van der Waals surface area contributed by atoms with Crippen molar-refractivity contribution in [3.05, 3.63) is 56.5 Å². The summed E-state index contributed by atoms with van der Waals surface area (Å²) in [6.45, 7) is 1.48. The van der Waals surface area contributed by atoms with E-state index in [2.05, 4.69) is 15.9 Å². The Kier molecular flexibility index (Phi) is 4.50. The van der Waals surface area contributed by atoms with Crippen molar-refractivity contribution in [1.29, 1.82) is 0 Å². The molecule has 2 nitrogen and oxygen atoms in total. The predicted molar refractivity (Wildman–Crippen MR) is 80.7 cm³/mol. The molecule has 0 aliphatic carbocycles. The summed E-state index contributed by atoms with van der Waals surface area (Å²) in [5.74, 6) is 0.765. The predicted octanol–water partition coefficient (Wildman–Crippen LogP) is 5.75. The number of benzene rings is 2. The normalized spacial score (nSPS) is 10.3. The second-order valence-electron chi connectivity index (χ2n) is 3.85. The molecule has 0 saturated heterocycles. The maximum absolute atomic E-state index is 11.6. The van der Waals surface area contributed by atoms with Gasteiger partial charge in [0.05, 0.1) is 10.6 Å². The zero-order valence-electron chi connectivity index (χ0n) is 9.91. The molecule has 0 bridgehead atoms. The van der Waals surface area contributed by atoms with Crippen molar-refractivity contribution in [1.82, 2.24) is 0 Å². The number of ether oxygens (including phenoxy) is 1. The summed E-state index contributed by atoms with van der Waals surface area (Å²) in [4.78, 5) is 11.6. The Balaban J connectivity index is 2.45. The smallest absolute Gasteiger partial charge is 0.163 e. The van der Waals surface area contributed by atoms with Crippen LogP contribution in [0.25, 0.3) is 0 Å². The highest BCUT2D eigenvalue weighted by atomic mass is 79.9. The van der Waals surface area contributed by atoms with Crippen molar-refractivity contribution in [2.24, 2.45) is 0 Å². The molecule has 5 heteroatoms. The van der Waals surface area contributed by atoms with Crippen LogP contribution < -0.4 is 4.74 Å². The molecule has 0 aliphatic rings. The van der Waals surface area contributed by atoms with Crippen LogP contribution in [0.4, 0.5) is 0 Å². The van der Waals surface area contributed by atoms with E-state index >= 15 is 0 Å². The van der Waals surface area contributed by atoms with Gasteiger partial charge < -0.3 is 4.74 Å². The van der Waals surface area contributed by atoms with Crippen LogP contribution >= 0.6 is 39.1 Å². The van der Waals surface area contributed by atoms with Gasteiger partial charge in [0.15, 0.2) is 5.78 Å². The number of rotatable bonds is 3. The second kappa shape index (κ2) is 5.95. The van der Waals surface area contributed by atoms with Crippen LogP contribution in [0.3, 0.4) is 0 Å². The largest absolute Gasteiger partial charge is 0.455 e. The van der Waals surface area contributed by atoms with Gasteiger partial charge >= 0.3 is 0 Å². The van der Waals surface area contributed by atoms with Crippen LogP contribution in [0.1, 0.15) is 17.3 Å². The fourth-order valence-corrected chi connectivity index (χ4v) is 2.22. The maximum atomic E-state index is 11.6. The number of carbonyl (C=O) groups is 1.